The summed E-state index contributed by atoms with van der Waals surface area (Å²) in [6.45, 7) is 5.54. The van der Waals surface area contributed by atoms with Crippen molar-refractivity contribution in [3.63, 3.8) is 0 Å². The summed E-state index contributed by atoms with van der Waals surface area (Å²) in [5.41, 5.74) is 0.347. The highest BCUT2D eigenvalue weighted by molar-refractivity contribution is 5.67. The standard InChI is InChI=1S/C20H34N2O7/c1-20(2,3)29-19(28)21-9-10-22(11-14-7-5-4-6-8-14)12-15(24)17(26)18(27)16(25)13-23/h4-8,15-18,23-27H,9-13H2,1-3H3,(H,21,28)/t15-,16+,17+,18+/m0/s1. The number of amides is 1. The lowest BCUT2D eigenvalue weighted by molar-refractivity contribution is -0.119. The number of carbonyl (C=O) groups is 1. The van der Waals surface area contributed by atoms with Gasteiger partial charge in [0.2, 0.25) is 0 Å². The van der Waals surface area contributed by atoms with Gasteiger partial charge in [-0.3, -0.25) is 4.90 Å². The van der Waals surface area contributed by atoms with E-state index in [1.165, 1.54) is 0 Å². The summed E-state index contributed by atoms with van der Waals surface area (Å²) in [5.74, 6) is 0. The Labute approximate surface area is 171 Å². The van der Waals surface area contributed by atoms with Gasteiger partial charge >= 0.3 is 6.09 Å². The number of carbonyl (C=O) groups excluding carboxylic acids is 1. The minimum Gasteiger partial charge on any atom is -0.444 e. The molecule has 0 unspecified atom stereocenters. The monoisotopic (exact) mass is 414 g/mol. The van der Waals surface area contributed by atoms with E-state index in [1.54, 1.807) is 25.7 Å². The fraction of sp³-hybridized carbons (Fsp3) is 0.650. The fourth-order valence-corrected chi connectivity index (χ4v) is 2.64. The summed E-state index contributed by atoms with van der Waals surface area (Å²) >= 11 is 0. The highest BCUT2D eigenvalue weighted by Gasteiger charge is 2.31. The zero-order chi connectivity index (χ0) is 22.0. The Hall–Kier alpha value is -1.75. The van der Waals surface area contributed by atoms with Crippen LogP contribution >= 0.6 is 0 Å². The zero-order valence-electron chi connectivity index (χ0n) is 17.2. The molecule has 4 atom stereocenters. The largest absolute Gasteiger partial charge is 0.444 e. The fourth-order valence-electron chi connectivity index (χ4n) is 2.64. The minimum atomic E-state index is -1.69. The second-order valence-electron chi connectivity index (χ2n) is 7.95. The summed E-state index contributed by atoms with van der Waals surface area (Å²) < 4.78 is 5.18. The van der Waals surface area contributed by atoms with Gasteiger partial charge in [0.25, 0.3) is 0 Å². The smallest absolute Gasteiger partial charge is 0.407 e. The van der Waals surface area contributed by atoms with Gasteiger partial charge in [-0.25, -0.2) is 4.79 Å². The van der Waals surface area contributed by atoms with Gasteiger partial charge in [0.1, 0.15) is 23.9 Å². The van der Waals surface area contributed by atoms with E-state index >= 15 is 0 Å². The van der Waals surface area contributed by atoms with Crippen LogP contribution in [0.15, 0.2) is 30.3 Å². The van der Waals surface area contributed by atoms with Crippen LogP contribution in [0.3, 0.4) is 0 Å². The lowest BCUT2D eigenvalue weighted by atomic mass is 10.0. The molecule has 0 radical (unpaired) electrons. The summed E-state index contributed by atoms with van der Waals surface area (Å²) in [4.78, 5) is 13.6. The first kappa shape index (κ1) is 25.3. The number of rotatable bonds is 11. The highest BCUT2D eigenvalue weighted by atomic mass is 16.6. The Morgan fingerprint density at radius 3 is 2.21 bits per heavy atom. The van der Waals surface area contributed by atoms with E-state index in [2.05, 4.69) is 5.32 Å². The average Bonchev–Trinajstić information content (AvgIpc) is 2.65. The SMILES string of the molecule is CC(C)(C)OC(=O)NCCN(Cc1ccccc1)C[C@H](O)[C@@H](O)[C@H](O)[C@H](O)CO. The lowest BCUT2D eigenvalue weighted by Crippen LogP contribution is -2.50. The van der Waals surface area contributed by atoms with Gasteiger partial charge in [-0.15, -0.1) is 0 Å². The maximum atomic E-state index is 11.8. The van der Waals surface area contributed by atoms with E-state index in [1.807, 2.05) is 30.3 Å². The van der Waals surface area contributed by atoms with Gasteiger partial charge in [-0.1, -0.05) is 30.3 Å². The molecule has 1 aromatic rings. The van der Waals surface area contributed by atoms with Crippen LogP contribution in [0.5, 0.6) is 0 Å². The highest BCUT2D eigenvalue weighted by Crippen LogP contribution is 2.10. The Bertz CT molecular complexity index is 594. The maximum absolute atomic E-state index is 11.8. The first-order chi connectivity index (χ1) is 13.5. The number of aliphatic hydroxyl groups excluding tert-OH is 5. The molecule has 0 aliphatic carbocycles. The zero-order valence-corrected chi connectivity index (χ0v) is 17.2. The third-order valence-corrected chi connectivity index (χ3v) is 4.12. The number of alkyl carbamates (subject to hydrolysis) is 1. The maximum Gasteiger partial charge on any atom is 0.407 e. The number of ether oxygens (including phenoxy) is 1. The van der Waals surface area contributed by atoms with Crippen LogP contribution in [0.25, 0.3) is 0 Å². The van der Waals surface area contributed by atoms with Gasteiger partial charge in [-0.05, 0) is 26.3 Å². The van der Waals surface area contributed by atoms with Crippen molar-refractivity contribution < 1.29 is 35.1 Å². The van der Waals surface area contributed by atoms with Crippen LogP contribution in [0.1, 0.15) is 26.3 Å². The van der Waals surface area contributed by atoms with E-state index in [0.29, 0.717) is 13.1 Å². The first-order valence-electron chi connectivity index (χ1n) is 9.59. The molecular formula is C20H34N2O7. The third-order valence-electron chi connectivity index (χ3n) is 4.12. The number of nitrogens with one attached hydrogen (secondary N) is 1. The number of benzene rings is 1. The predicted octanol–water partition coefficient (Wildman–Crippen LogP) is -0.551. The molecule has 1 aromatic carbocycles. The van der Waals surface area contributed by atoms with E-state index in [-0.39, 0.29) is 13.1 Å². The molecule has 6 N–H and O–H groups in total. The second-order valence-corrected chi connectivity index (χ2v) is 7.95. The number of aliphatic hydroxyl groups is 5. The van der Waals surface area contributed by atoms with Gasteiger partial charge in [0, 0.05) is 26.2 Å². The summed E-state index contributed by atoms with van der Waals surface area (Å²) in [7, 11) is 0. The van der Waals surface area contributed by atoms with Crippen molar-refractivity contribution in [3.8, 4) is 0 Å². The number of hydrogen-bond donors (Lipinski definition) is 6. The molecule has 0 saturated heterocycles. The van der Waals surface area contributed by atoms with Crippen LogP contribution in [0, 0.1) is 0 Å². The van der Waals surface area contributed by atoms with E-state index < -0.39 is 42.7 Å². The summed E-state index contributed by atoms with van der Waals surface area (Å²) in [6, 6.07) is 9.43. The van der Waals surface area contributed by atoms with Crippen molar-refractivity contribution in [1.82, 2.24) is 10.2 Å². The number of nitrogens with zero attached hydrogens (tertiary/aromatic N) is 1. The lowest BCUT2D eigenvalue weighted by Gasteiger charge is -2.30. The molecule has 0 bridgehead atoms. The summed E-state index contributed by atoms with van der Waals surface area (Å²) in [6.07, 6.45) is -6.82. The van der Waals surface area contributed by atoms with E-state index in [0.717, 1.165) is 5.56 Å². The summed E-state index contributed by atoms with van der Waals surface area (Å²) in [5, 5.41) is 51.1. The Morgan fingerprint density at radius 2 is 1.66 bits per heavy atom. The molecule has 9 heteroatoms. The van der Waals surface area contributed by atoms with Gasteiger partial charge < -0.3 is 35.6 Å². The Balaban J connectivity index is 2.69. The molecule has 0 saturated carbocycles. The van der Waals surface area contributed by atoms with Crippen LogP contribution in [0.2, 0.25) is 0 Å². The number of hydrogen-bond acceptors (Lipinski definition) is 8. The second kappa shape index (κ2) is 12.1. The Morgan fingerprint density at radius 1 is 1.07 bits per heavy atom. The van der Waals surface area contributed by atoms with Crippen LogP contribution < -0.4 is 5.32 Å². The molecule has 0 aliphatic heterocycles. The van der Waals surface area contributed by atoms with Crippen molar-refractivity contribution in [2.45, 2.75) is 57.3 Å². The molecule has 0 fully saturated rings. The van der Waals surface area contributed by atoms with Crippen molar-refractivity contribution in [2.75, 3.05) is 26.2 Å². The molecule has 0 heterocycles. The van der Waals surface area contributed by atoms with Gasteiger partial charge in [0.05, 0.1) is 12.7 Å². The molecule has 0 aromatic heterocycles. The molecule has 9 nitrogen and oxygen atoms in total. The third kappa shape index (κ3) is 10.0. The molecule has 0 aliphatic rings. The average molecular weight is 414 g/mol. The Kier molecular flexibility index (Phi) is 10.5. The predicted molar refractivity (Wildman–Crippen MR) is 107 cm³/mol. The molecule has 0 spiro atoms. The van der Waals surface area contributed by atoms with Crippen molar-refractivity contribution in [3.05, 3.63) is 35.9 Å². The van der Waals surface area contributed by atoms with Gasteiger partial charge in [-0.2, -0.15) is 0 Å². The molecule has 1 rings (SSSR count). The first-order valence-corrected chi connectivity index (χ1v) is 9.59. The topological polar surface area (TPSA) is 143 Å². The van der Waals surface area contributed by atoms with Crippen molar-refractivity contribution in [2.24, 2.45) is 0 Å². The molecular weight excluding hydrogens is 380 g/mol. The van der Waals surface area contributed by atoms with E-state index in [4.69, 9.17) is 9.84 Å². The van der Waals surface area contributed by atoms with Crippen LogP contribution in [0.4, 0.5) is 4.79 Å². The molecule has 1 amide bonds. The molecule has 166 valence electrons. The normalized spacial score (nSPS) is 16.2. The molecule has 29 heavy (non-hydrogen) atoms. The van der Waals surface area contributed by atoms with Crippen molar-refractivity contribution in [1.29, 1.82) is 0 Å². The quantitative estimate of drug-likeness (QED) is 0.283. The minimum absolute atomic E-state index is 0.0265. The van der Waals surface area contributed by atoms with E-state index in [9.17, 15) is 25.2 Å². The van der Waals surface area contributed by atoms with Crippen molar-refractivity contribution >= 4 is 6.09 Å². The van der Waals surface area contributed by atoms with Crippen LogP contribution in [-0.4, -0.2) is 92.8 Å². The van der Waals surface area contributed by atoms with Gasteiger partial charge in [0.15, 0.2) is 0 Å². The van der Waals surface area contributed by atoms with Crippen LogP contribution in [-0.2, 0) is 11.3 Å².